The number of fused-ring (bicyclic) bond motifs is 1. The zero-order valence-corrected chi connectivity index (χ0v) is 21.2. The van der Waals surface area contributed by atoms with Gasteiger partial charge in [-0.15, -0.1) is 0 Å². The van der Waals surface area contributed by atoms with Crippen LogP contribution >= 0.6 is 0 Å². The van der Waals surface area contributed by atoms with Crippen LogP contribution in [0.2, 0.25) is 0 Å². The van der Waals surface area contributed by atoms with Crippen molar-refractivity contribution < 1.29 is 8.42 Å². The van der Waals surface area contributed by atoms with Crippen LogP contribution in [0.25, 0.3) is 10.9 Å². The summed E-state index contributed by atoms with van der Waals surface area (Å²) in [5, 5.41) is 4.36. The van der Waals surface area contributed by atoms with Crippen molar-refractivity contribution in [2.75, 3.05) is 13.6 Å². The molecular weight excluding hydrogens is 468 g/mol. The van der Waals surface area contributed by atoms with Gasteiger partial charge in [-0.05, 0) is 64.4 Å². The molecule has 1 N–H and O–H groups in total. The largest absolute Gasteiger partial charge is 0.331 e. The van der Waals surface area contributed by atoms with Gasteiger partial charge in [0.05, 0.1) is 28.5 Å². The number of piperidine rings is 1. The fourth-order valence-electron chi connectivity index (χ4n) is 4.88. The Balaban J connectivity index is 1.65. The van der Waals surface area contributed by atoms with Gasteiger partial charge in [-0.3, -0.25) is 18.6 Å². The predicted molar refractivity (Wildman–Crippen MR) is 133 cm³/mol. The van der Waals surface area contributed by atoms with Crippen molar-refractivity contribution in [1.29, 1.82) is 0 Å². The highest BCUT2D eigenvalue weighted by atomic mass is 32.2. The van der Waals surface area contributed by atoms with Crippen LogP contribution in [0.5, 0.6) is 0 Å². The van der Waals surface area contributed by atoms with Crippen LogP contribution in [0.15, 0.2) is 45.1 Å². The van der Waals surface area contributed by atoms with E-state index < -0.39 is 26.8 Å². The van der Waals surface area contributed by atoms with Crippen LogP contribution in [-0.4, -0.2) is 57.4 Å². The number of hydrogen-bond acceptors (Lipinski definition) is 6. The topological polar surface area (TPSA) is 111 Å². The first-order valence-corrected chi connectivity index (χ1v) is 13.5. The number of aryl methyl sites for hydroxylation is 1. The predicted octanol–water partition coefficient (Wildman–Crippen LogP) is 1.26. The first-order valence-electron chi connectivity index (χ1n) is 12.1. The Hall–Kier alpha value is -2.76. The Kier molecular flexibility index (Phi) is 5.97. The fraction of sp³-hybridized carbons (Fsp3) is 0.542. The van der Waals surface area contributed by atoms with E-state index in [2.05, 4.69) is 21.8 Å². The van der Waals surface area contributed by atoms with Gasteiger partial charge in [0.25, 0.3) is 5.56 Å². The Labute approximate surface area is 204 Å². The third kappa shape index (κ3) is 4.72. The summed E-state index contributed by atoms with van der Waals surface area (Å²) in [5.74, 6) is 0. The quantitative estimate of drug-likeness (QED) is 0.523. The molecule has 188 valence electrons. The number of nitrogens with one attached hydrogen (secondary N) is 1. The third-order valence-corrected chi connectivity index (χ3v) is 8.94. The number of rotatable bonds is 7. The Morgan fingerprint density at radius 3 is 2.57 bits per heavy atom. The van der Waals surface area contributed by atoms with Gasteiger partial charge in [-0.1, -0.05) is 6.42 Å². The van der Waals surface area contributed by atoms with Gasteiger partial charge in [-0.2, -0.15) is 5.10 Å². The highest BCUT2D eigenvalue weighted by Crippen LogP contribution is 2.36. The molecular formula is C24H32N6O4S. The molecule has 2 fully saturated rings. The zero-order valence-electron chi connectivity index (χ0n) is 20.4. The number of aromatic nitrogens is 4. The Morgan fingerprint density at radius 2 is 1.91 bits per heavy atom. The van der Waals surface area contributed by atoms with Crippen LogP contribution in [0, 0.1) is 0 Å². The lowest BCUT2D eigenvalue weighted by Gasteiger charge is -2.33. The summed E-state index contributed by atoms with van der Waals surface area (Å²) in [6.45, 7) is 3.32. The molecule has 1 atom stereocenters. The van der Waals surface area contributed by atoms with Crippen LogP contribution in [0.4, 0.5) is 0 Å². The monoisotopic (exact) mass is 500 g/mol. The second-order valence-corrected chi connectivity index (χ2v) is 12.0. The minimum atomic E-state index is -3.80. The Bertz CT molecular complexity index is 1500. The van der Waals surface area contributed by atoms with E-state index in [0.717, 1.165) is 44.2 Å². The van der Waals surface area contributed by atoms with Gasteiger partial charge in [0, 0.05) is 36.9 Å². The van der Waals surface area contributed by atoms with E-state index in [0.29, 0.717) is 12.1 Å². The zero-order chi connectivity index (χ0) is 25.0. The maximum absolute atomic E-state index is 13.6. The summed E-state index contributed by atoms with van der Waals surface area (Å²) in [6, 6.07) is 4.65. The molecule has 1 saturated carbocycles. The molecule has 0 bridgehead atoms. The summed E-state index contributed by atoms with van der Waals surface area (Å²) in [6.07, 6.45) is 8.12. The molecule has 3 aromatic rings. The smallest absolute Gasteiger partial charge is 0.302 e. The van der Waals surface area contributed by atoms with E-state index in [1.54, 1.807) is 34.8 Å². The lowest BCUT2D eigenvalue weighted by Crippen LogP contribution is -2.45. The van der Waals surface area contributed by atoms with Crippen molar-refractivity contribution in [3.05, 3.63) is 57.0 Å². The molecule has 5 rings (SSSR count). The fourth-order valence-corrected chi connectivity index (χ4v) is 6.37. The number of hydrogen-bond donors (Lipinski definition) is 1. The second kappa shape index (κ2) is 8.72. The molecule has 10 nitrogen and oxygen atoms in total. The average molecular weight is 501 g/mol. The van der Waals surface area contributed by atoms with Crippen molar-refractivity contribution in [1.82, 2.24) is 28.5 Å². The van der Waals surface area contributed by atoms with Crippen molar-refractivity contribution in [2.24, 2.45) is 7.05 Å². The van der Waals surface area contributed by atoms with Crippen molar-refractivity contribution >= 4 is 20.9 Å². The SMILES string of the molecule is CN1CCCCC1Cn1c(=O)n(Cc2cnn(C)c2)c(=O)c2cc(S(=O)(=O)NC3(C)CC3)ccc21. The van der Waals surface area contributed by atoms with Gasteiger partial charge < -0.3 is 4.90 Å². The van der Waals surface area contributed by atoms with Gasteiger partial charge in [0.15, 0.2) is 0 Å². The van der Waals surface area contributed by atoms with Gasteiger partial charge >= 0.3 is 5.69 Å². The van der Waals surface area contributed by atoms with E-state index in [4.69, 9.17) is 0 Å². The standard InChI is InChI=1S/C24H32N6O4S/c1-24(9-10-24)26-35(33,34)19-7-8-21-20(12-19)22(31)30(15-17-13-25-28(3)14-17)23(32)29(21)16-18-6-4-5-11-27(18)2/h7-8,12-14,18,26H,4-6,9-11,15-16H2,1-3H3. The highest BCUT2D eigenvalue weighted by Gasteiger charge is 2.41. The molecule has 0 radical (unpaired) electrons. The van der Waals surface area contributed by atoms with E-state index in [-0.39, 0.29) is 22.9 Å². The summed E-state index contributed by atoms with van der Waals surface area (Å²) in [5.41, 5.74) is -0.155. The van der Waals surface area contributed by atoms with E-state index in [1.807, 2.05) is 6.92 Å². The Morgan fingerprint density at radius 1 is 1.14 bits per heavy atom. The van der Waals surface area contributed by atoms with Crippen LogP contribution < -0.4 is 16.0 Å². The lowest BCUT2D eigenvalue weighted by molar-refractivity contribution is 0.166. The molecule has 3 heterocycles. The van der Waals surface area contributed by atoms with Gasteiger partial charge in [0.2, 0.25) is 10.0 Å². The normalized spacial score (nSPS) is 20.4. The first kappa shape index (κ1) is 24.0. The number of benzene rings is 1. The molecule has 0 amide bonds. The van der Waals surface area contributed by atoms with Crippen LogP contribution in [0.1, 0.15) is 44.6 Å². The van der Waals surface area contributed by atoms with E-state index in [9.17, 15) is 18.0 Å². The number of sulfonamides is 1. The van der Waals surface area contributed by atoms with Gasteiger partial charge in [0.1, 0.15) is 0 Å². The molecule has 1 aliphatic heterocycles. The molecule has 0 spiro atoms. The van der Waals surface area contributed by atoms with Crippen molar-refractivity contribution in [2.45, 2.75) is 68.6 Å². The molecule has 35 heavy (non-hydrogen) atoms. The molecule has 1 aromatic carbocycles. The molecule has 1 saturated heterocycles. The number of likely N-dealkylation sites (tertiary alicyclic amines) is 1. The maximum Gasteiger partial charge on any atom is 0.331 e. The summed E-state index contributed by atoms with van der Waals surface area (Å²) >= 11 is 0. The molecule has 11 heteroatoms. The van der Waals surface area contributed by atoms with Crippen molar-refractivity contribution in [3.63, 3.8) is 0 Å². The van der Waals surface area contributed by atoms with E-state index >= 15 is 0 Å². The highest BCUT2D eigenvalue weighted by molar-refractivity contribution is 7.89. The minimum Gasteiger partial charge on any atom is -0.302 e. The molecule has 2 aliphatic rings. The molecule has 2 aromatic heterocycles. The van der Waals surface area contributed by atoms with Crippen LogP contribution in [0.3, 0.4) is 0 Å². The summed E-state index contributed by atoms with van der Waals surface area (Å²) in [4.78, 5) is 29.4. The van der Waals surface area contributed by atoms with Crippen LogP contribution in [-0.2, 0) is 30.2 Å². The maximum atomic E-state index is 13.6. The number of nitrogens with zero attached hydrogens (tertiary/aromatic N) is 5. The molecule has 1 aliphatic carbocycles. The van der Waals surface area contributed by atoms with E-state index in [1.165, 1.54) is 16.7 Å². The second-order valence-electron chi connectivity index (χ2n) is 10.3. The summed E-state index contributed by atoms with van der Waals surface area (Å²) in [7, 11) is 0.0271. The summed E-state index contributed by atoms with van der Waals surface area (Å²) < 4.78 is 33.2. The third-order valence-electron chi connectivity index (χ3n) is 7.30. The number of likely N-dealkylation sites (N-methyl/N-ethyl adjacent to an activating group) is 1. The lowest BCUT2D eigenvalue weighted by atomic mass is 10.0. The average Bonchev–Trinajstić information content (AvgIpc) is 3.38. The minimum absolute atomic E-state index is 0.0307. The van der Waals surface area contributed by atoms with Crippen molar-refractivity contribution in [3.8, 4) is 0 Å². The molecule has 1 unspecified atom stereocenters. The van der Waals surface area contributed by atoms with Gasteiger partial charge in [-0.25, -0.2) is 17.9 Å². The first-order chi connectivity index (χ1) is 16.6.